The fraction of sp³-hybridized carbons (Fsp3) is 0.111. The Bertz CT molecular complexity index is 433. The van der Waals surface area contributed by atoms with Gasteiger partial charge in [0.05, 0.1) is 10.1 Å². The third-order valence-corrected chi connectivity index (χ3v) is 2.22. The number of hydrogen-bond acceptors (Lipinski definition) is 0. The summed E-state index contributed by atoms with van der Waals surface area (Å²) in [5.74, 6) is -0.198. The van der Waals surface area contributed by atoms with Crippen LogP contribution in [-0.4, -0.2) is 4.98 Å². The molecular formula is C9H7BrFN. The van der Waals surface area contributed by atoms with Crippen LogP contribution in [0.1, 0.15) is 5.56 Å². The normalized spacial score (nSPS) is 10.9. The second-order valence-corrected chi connectivity index (χ2v) is 3.68. The Morgan fingerprint density at radius 2 is 2.08 bits per heavy atom. The summed E-state index contributed by atoms with van der Waals surface area (Å²) in [6.45, 7) is 1.88. The maximum absolute atomic E-state index is 13.2. The van der Waals surface area contributed by atoms with E-state index in [4.69, 9.17) is 0 Å². The summed E-state index contributed by atoms with van der Waals surface area (Å²) in [5, 5.41) is 0.902. The zero-order chi connectivity index (χ0) is 8.72. The monoisotopic (exact) mass is 227 g/mol. The van der Waals surface area contributed by atoms with Crippen LogP contribution < -0.4 is 0 Å². The molecule has 0 unspecified atom stereocenters. The van der Waals surface area contributed by atoms with E-state index < -0.39 is 0 Å². The van der Waals surface area contributed by atoms with Crippen LogP contribution in [0.25, 0.3) is 10.9 Å². The Hall–Kier alpha value is -0.830. The lowest BCUT2D eigenvalue weighted by molar-refractivity contribution is 0.636. The minimum atomic E-state index is -0.198. The number of rotatable bonds is 0. The summed E-state index contributed by atoms with van der Waals surface area (Å²) in [6.07, 6.45) is 0. The van der Waals surface area contributed by atoms with E-state index in [0.29, 0.717) is 5.52 Å². The minimum Gasteiger partial charge on any atom is -0.347 e. The number of hydrogen-bond donors (Lipinski definition) is 1. The van der Waals surface area contributed by atoms with Gasteiger partial charge in [0.15, 0.2) is 0 Å². The summed E-state index contributed by atoms with van der Waals surface area (Å²) < 4.78 is 14.0. The second kappa shape index (κ2) is 2.59. The van der Waals surface area contributed by atoms with Crippen molar-refractivity contribution in [1.82, 2.24) is 4.98 Å². The van der Waals surface area contributed by atoms with Gasteiger partial charge in [-0.15, -0.1) is 0 Å². The number of fused-ring (bicyclic) bond motifs is 1. The van der Waals surface area contributed by atoms with Gasteiger partial charge in [0, 0.05) is 5.39 Å². The van der Waals surface area contributed by atoms with Crippen LogP contribution in [0.4, 0.5) is 4.39 Å². The summed E-state index contributed by atoms with van der Waals surface area (Å²) in [5.41, 5.74) is 1.50. The Balaban J connectivity index is 2.88. The van der Waals surface area contributed by atoms with Crippen molar-refractivity contribution in [3.05, 3.63) is 34.2 Å². The standard InChI is InChI=1S/C9H7BrFN/c1-5-2-6-4-8(10)12-9(6)7(11)3-5/h2-4,12H,1H3. The zero-order valence-corrected chi connectivity index (χ0v) is 8.07. The molecule has 1 nitrogen and oxygen atoms in total. The molecule has 1 aromatic heterocycles. The fourth-order valence-corrected chi connectivity index (χ4v) is 1.75. The molecule has 1 N–H and O–H groups in total. The van der Waals surface area contributed by atoms with Crippen LogP contribution >= 0.6 is 15.9 Å². The predicted molar refractivity (Wildman–Crippen MR) is 50.7 cm³/mol. The molecular weight excluding hydrogens is 221 g/mol. The highest BCUT2D eigenvalue weighted by Gasteiger charge is 2.04. The maximum atomic E-state index is 13.2. The van der Waals surface area contributed by atoms with E-state index in [9.17, 15) is 4.39 Å². The van der Waals surface area contributed by atoms with E-state index in [2.05, 4.69) is 20.9 Å². The van der Waals surface area contributed by atoms with E-state index in [1.165, 1.54) is 6.07 Å². The first-order valence-corrected chi connectivity index (χ1v) is 4.40. The third-order valence-electron chi connectivity index (χ3n) is 1.79. The molecule has 2 aromatic rings. The van der Waals surface area contributed by atoms with Crippen molar-refractivity contribution in [2.45, 2.75) is 6.92 Å². The predicted octanol–water partition coefficient (Wildman–Crippen LogP) is 3.38. The van der Waals surface area contributed by atoms with Gasteiger partial charge in [-0.2, -0.15) is 0 Å². The molecule has 0 atom stereocenters. The molecule has 0 fully saturated rings. The number of benzene rings is 1. The van der Waals surface area contributed by atoms with Crippen LogP contribution in [0.5, 0.6) is 0 Å². The van der Waals surface area contributed by atoms with Crippen LogP contribution in [0.15, 0.2) is 22.8 Å². The van der Waals surface area contributed by atoms with Crippen molar-refractivity contribution in [3.63, 3.8) is 0 Å². The highest BCUT2D eigenvalue weighted by Crippen LogP contribution is 2.22. The summed E-state index contributed by atoms with van der Waals surface area (Å²) in [6, 6.07) is 5.33. The van der Waals surface area contributed by atoms with Crippen LogP contribution in [0, 0.1) is 12.7 Å². The molecule has 0 saturated heterocycles. The molecule has 62 valence electrons. The molecule has 0 aliphatic heterocycles. The van der Waals surface area contributed by atoms with Crippen molar-refractivity contribution in [2.75, 3.05) is 0 Å². The molecule has 1 heterocycles. The SMILES string of the molecule is Cc1cc(F)c2[nH]c(Br)cc2c1. The van der Waals surface area contributed by atoms with E-state index in [-0.39, 0.29) is 5.82 Å². The number of aryl methyl sites for hydroxylation is 1. The largest absolute Gasteiger partial charge is 0.347 e. The summed E-state index contributed by atoms with van der Waals surface area (Å²) in [4.78, 5) is 2.90. The topological polar surface area (TPSA) is 15.8 Å². The van der Waals surface area contributed by atoms with Crippen LogP contribution in [-0.2, 0) is 0 Å². The Kier molecular flexibility index (Phi) is 1.68. The van der Waals surface area contributed by atoms with Crippen molar-refractivity contribution in [1.29, 1.82) is 0 Å². The quantitative estimate of drug-likeness (QED) is 0.711. The molecule has 0 spiro atoms. The Morgan fingerprint density at radius 1 is 1.33 bits per heavy atom. The number of H-pyrrole nitrogens is 1. The average Bonchev–Trinajstić information content (AvgIpc) is 2.29. The van der Waals surface area contributed by atoms with E-state index >= 15 is 0 Å². The highest BCUT2D eigenvalue weighted by molar-refractivity contribution is 9.10. The summed E-state index contributed by atoms with van der Waals surface area (Å²) >= 11 is 3.26. The van der Waals surface area contributed by atoms with E-state index in [0.717, 1.165) is 15.6 Å². The molecule has 1 aromatic carbocycles. The fourth-order valence-electron chi connectivity index (χ4n) is 1.31. The van der Waals surface area contributed by atoms with Gasteiger partial charge in [-0.05, 0) is 46.6 Å². The number of aromatic amines is 1. The third kappa shape index (κ3) is 1.14. The molecule has 0 bridgehead atoms. The van der Waals surface area contributed by atoms with E-state index in [1.807, 2.05) is 19.1 Å². The molecule has 0 aliphatic carbocycles. The first-order chi connectivity index (χ1) is 5.66. The van der Waals surface area contributed by atoms with Crippen LogP contribution in [0.2, 0.25) is 0 Å². The van der Waals surface area contributed by atoms with Gasteiger partial charge in [-0.25, -0.2) is 4.39 Å². The molecule has 0 radical (unpaired) electrons. The van der Waals surface area contributed by atoms with Crippen molar-refractivity contribution < 1.29 is 4.39 Å². The number of nitrogens with one attached hydrogen (secondary N) is 1. The van der Waals surface area contributed by atoms with Crippen LogP contribution in [0.3, 0.4) is 0 Å². The van der Waals surface area contributed by atoms with Crippen molar-refractivity contribution in [2.24, 2.45) is 0 Å². The van der Waals surface area contributed by atoms with Gasteiger partial charge in [0.2, 0.25) is 0 Å². The molecule has 3 heteroatoms. The lowest BCUT2D eigenvalue weighted by Crippen LogP contribution is -1.79. The van der Waals surface area contributed by atoms with Gasteiger partial charge in [-0.1, -0.05) is 0 Å². The summed E-state index contributed by atoms with van der Waals surface area (Å²) in [7, 11) is 0. The first-order valence-electron chi connectivity index (χ1n) is 3.61. The lowest BCUT2D eigenvalue weighted by atomic mass is 10.2. The van der Waals surface area contributed by atoms with Gasteiger partial charge in [0.1, 0.15) is 5.82 Å². The van der Waals surface area contributed by atoms with Crippen molar-refractivity contribution >= 4 is 26.8 Å². The molecule has 0 saturated carbocycles. The smallest absolute Gasteiger partial charge is 0.147 e. The molecule has 0 aliphatic rings. The maximum Gasteiger partial charge on any atom is 0.147 e. The van der Waals surface area contributed by atoms with Gasteiger partial charge in [0.25, 0.3) is 0 Å². The van der Waals surface area contributed by atoms with Gasteiger partial charge in [-0.3, -0.25) is 0 Å². The van der Waals surface area contributed by atoms with E-state index in [1.54, 1.807) is 0 Å². The number of aromatic nitrogens is 1. The Morgan fingerprint density at radius 3 is 2.83 bits per heavy atom. The molecule has 2 rings (SSSR count). The zero-order valence-electron chi connectivity index (χ0n) is 6.49. The van der Waals surface area contributed by atoms with Crippen molar-refractivity contribution in [3.8, 4) is 0 Å². The van der Waals surface area contributed by atoms with Gasteiger partial charge < -0.3 is 4.98 Å². The minimum absolute atomic E-state index is 0.198. The number of halogens is 2. The lowest BCUT2D eigenvalue weighted by Gasteiger charge is -1.94. The Labute approximate surface area is 77.7 Å². The highest BCUT2D eigenvalue weighted by atomic mass is 79.9. The first kappa shape index (κ1) is 7.80. The second-order valence-electron chi connectivity index (χ2n) is 2.83. The molecule has 12 heavy (non-hydrogen) atoms. The molecule has 0 amide bonds. The van der Waals surface area contributed by atoms with Gasteiger partial charge >= 0.3 is 0 Å². The average molecular weight is 228 g/mol.